The van der Waals surface area contributed by atoms with Crippen LogP contribution in [0.2, 0.25) is 0 Å². The van der Waals surface area contributed by atoms with Gasteiger partial charge in [0.15, 0.2) is 0 Å². The highest BCUT2D eigenvalue weighted by Crippen LogP contribution is 2.36. The number of thiocarbonyl (C=S) groups is 1. The lowest BCUT2D eigenvalue weighted by atomic mass is 10.2. The fraction of sp³-hybridized carbons (Fsp3) is 0.462. The van der Waals surface area contributed by atoms with Crippen molar-refractivity contribution >= 4 is 38.8 Å². The number of halogens is 1. The minimum absolute atomic E-state index is 0.428. The molecule has 1 aromatic rings. The predicted octanol–water partition coefficient (Wildman–Crippen LogP) is 2.70. The van der Waals surface area contributed by atoms with Gasteiger partial charge in [-0.05, 0) is 47.0 Å². The largest absolute Gasteiger partial charge is 0.389 e. The van der Waals surface area contributed by atoms with Gasteiger partial charge >= 0.3 is 0 Å². The molecule has 0 radical (unpaired) electrons. The molecule has 2 rings (SSSR count). The van der Waals surface area contributed by atoms with Crippen molar-refractivity contribution in [3.63, 3.8) is 0 Å². The SMILES string of the molecule is COCCN(c1ccc(C(N)=S)cc1Br)C1CC1. The summed E-state index contributed by atoms with van der Waals surface area (Å²) < 4.78 is 6.21. The van der Waals surface area contributed by atoms with Gasteiger partial charge < -0.3 is 15.4 Å². The van der Waals surface area contributed by atoms with E-state index in [0.717, 1.165) is 23.2 Å². The first kappa shape index (κ1) is 13.8. The first-order valence-corrected chi connectivity index (χ1v) is 7.18. The van der Waals surface area contributed by atoms with E-state index >= 15 is 0 Å². The summed E-state index contributed by atoms with van der Waals surface area (Å²) in [7, 11) is 1.73. The number of nitrogens with two attached hydrogens (primary N) is 1. The number of nitrogens with zero attached hydrogens (tertiary/aromatic N) is 1. The van der Waals surface area contributed by atoms with Gasteiger partial charge in [-0.25, -0.2) is 0 Å². The van der Waals surface area contributed by atoms with Crippen LogP contribution >= 0.6 is 28.1 Å². The molecule has 0 aliphatic heterocycles. The Balaban J connectivity index is 2.21. The predicted molar refractivity (Wildman–Crippen MR) is 82.3 cm³/mol. The van der Waals surface area contributed by atoms with Crippen molar-refractivity contribution in [3.05, 3.63) is 28.2 Å². The third-order valence-electron chi connectivity index (χ3n) is 3.07. The van der Waals surface area contributed by atoms with Crippen molar-refractivity contribution in [2.75, 3.05) is 25.2 Å². The highest BCUT2D eigenvalue weighted by atomic mass is 79.9. The second-order valence-electron chi connectivity index (χ2n) is 4.45. The molecule has 0 atom stereocenters. The quantitative estimate of drug-likeness (QED) is 0.815. The third kappa shape index (κ3) is 3.22. The zero-order valence-corrected chi connectivity index (χ0v) is 12.8. The van der Waals surface area contributed by atoms with Gasteiger partial charge in [0.2, 0.25) is 0 Å². The highest BCUT2D eigenvalue weighted by molar-refractivity contribution is 9.10. The van der Waals surface area contributed by atoms with Gasteiger partial charge in [0.05, 0.1) is 12.3 Å². The van der Waals surface area contributed by atoms with Gasteiger partial charge in [-0.1, -0.05) is 12.2 Å². The fourth-order valence-corrected chi connectivity index (χ4v) is 2.70. The van der Waals surface area contributed by atoms with Crippen LogP contribution in [0.1, 0.15) is 18.4 Å². The lowest BCUT2D eigenvalue weighted by molar-refractivity contribution is 0.205. The van der Waals surface area contributed by atoms with Gasteiger partial charge in [-0.2, -0.15) is 0 Å². The molecule has 0 aromatic heterocycles. The zero-order valence-electron chi connectivity index (χ0n) is 10.4. The van der Waals surface area contributed by atoms with E-state index in [9.17, 15) is 0 Å². The van der Waals surface area contributed by atoms with Crippen molar-refractivity contribution in [3.8, 4) is 0 Å². The Morgan fingerprint density at radius 3 is 2.78 bits per heavy atom. The van der Waals surface area contributed by atoms with Crippen LogP contribution in [0.3, 0.4) is 0 Å². The summed E-state index contributed by atoms with van der Waals surface area (Å²) in [5.74, 6) is 0. The van der Waals surface area contributed by atoms with E-state index in [1.54, 1.807) is 7.11 Å². The van der Waals surface area contributed by atoms with E-state index in [4.69, 9.17) is 22.7 Å². The summed E-state index contributed by atoms with van der Waals surface area (Å²) in [4.78, 5) is 2.81. The fourth-order valence-electron chi connectivity index (χ4n) is 1.97. The summed E-state index contributed by atoms with van der Waals surface area (Å²) in [6.45, 7) is 1.65. The number of methoxy groups -OCH3 is 1. The monoisotopic (exact) mass is 328 g/mol. The van der Waals surface area contributed by atoms with Crippen LogP contribution in [0.4, 0.5) is 5.69 Å². The van der Waals surface area contributed by atoms with Crippen LogP contribution < -0.4 is 10.6 Å². The first-order valence-electron chi connectivity index (χ1n) is 5.98. The second kappa shape index (κ2) is 5.99. The summed E-state index contributed by atoms with van der Waals surface area (Å²) in [6.07, 6.45) is 2.51. The van der Waals surface area contributed by atoms with E-state index < -0.39 is 0 Å². The summed E-state index contributed by atoms with van der Waals surface area (Å²) >= 11 is 8.59. The van der Waals surface area contributed by atoms with E-state index in [1.807, 2.05) is 12.1 Å². The molecule has 2 N–H and O–H groups in total. The van der Waals surface area contributed by atoms with Crippen LogP contribution in [-0.2, 0) is 4.74 Å². The first-order chi connectivity index (χ1) is 8.63. The number of anilines is 1. The van der Waals surface area contributed by atoms with Crippen molar-refractivity contribution in [1.29, 1.82) is 0 Å². The lowest BCUT2D eigenvalue weighted by Gasteiger charge is -2.25. The number of hydrogen-bond donors (Lipinski definition) is 1. The van der Waals surface area contributed by atoms with Crippen molar-refractivity contribution in [1.82, 2.24) is 0 Å². The maximum Gasteiger partial charge on any atom is 0.104 e. The summed E-state index contributed by atoms with van der Waals surface area (Å²) in [6, 6.07) is 6.68. The maximum atomic E-state index is 5.64. The van der Waals surface area contributed by atoms with Crippen molar-refractivity contribution in [2.45, 2.75) is 18.9 Å². The molecule has 0 amide bonds. The molecule has 0 spiro atoms. The van der Waals surface area contributed by atoms with E-state index in [0.29, 0.717) is 11.0 Å². The van der Waals surface area contributed by atoms with Crippen LogP contribution in [-0.4, -0.2) is 31.3 Å². The zero-order chi connectivity index (χ0) is 13.1. The molecule has 1 aliphatic carbocycles. The molecule has 1 fully saturated rings. The normalized spacial score (nSPS) is 14.6. The van der Waals surface area contributed by atoms with Crippen LogP contribution in [0, 0.1) is 0 Å². The Morgan fingerprint density at radius 2 is 2.28 bits per heavy atom. The van der Waals surface area contributed by atoms with E-state index in [-0.39, 0.29) is 0 Å². The smallest absolute Gasteiger partial charge is 0.104 e. The molecule has 0 saturated heterocycles. The molecule has 0 unspecified atom stereocenters. The van der Waals surface area contributed by atoms with Gasteiger partial charge in [-0.15, -0.1) is 0 Å². The minimum Gasteiger partial charge on any atom is -0.389 e. The molecular formula is C13H17BrN2OS. The van der Waals surface area contributed by atoms with Gasteiger partial charge in [-0.3, -0.25) is 0 Å². The topological polar surface area (TPSA) is 38.5 Å². The molecule has 18 heavy (non-hydrogen) atoms. The molecule has 5 heteroatoms. The molecular weight excluding hydrogens is 312 g/mol. The Kier molecular flexibility index (Phi) is 4.59. The van der Waals surface area contributed by atoms with Gasteiger partial charge in [0.25, 0.3) is 0 Å². The standard InChI is InChI=1S/C13H17BrN2OS/c1-17-7-6-16(10-3-4-10)12-5-2-9(13(15)18)8-11(12)14/h2,5,8,10H,3-4,6-7H2,1H3,(H2,15,18). The summed E-state index contributed by atoms with van der Waals surface area (Å²) in [5.41, 5.74) is 7.72. The maximum absolute atomic E-state index is 5.64. The van der Waals surface area contributed by atoms with Crippen molar-refractivity contribution < 1.29 is 4.74 Å². The van der Waals surface area contributed by atoms with E-state index in [1.165, 1.54) is 18.5 Å². The van der Waals surface area contributed by atoms with Crippen LogP contribution in [0.25, 0.3) is 0 Å². The Bertz CT molecular complexity index is 449. The lowest BCUT2D eigenvalue weighted by Crippen LogP contribution is -2.29. The Labute approximate surface area is 121 Å². The molecule has 1 aliphatic rings. The van der Waals surface area contributed by atoms with Crippen LogP contribution in [0.5, 0.6) is 0 Å². The highest BCUT2D eigenvalue weighted by Gasteiger charge is 2.29. The second-order valence-corrected chi connectivity index (χ2v) is 5.74. The number of hydrogen-bond acceptors (Lipinski definition) is 3. The molecule has 98 valence electrons. The van der Waals surface area contributed by atoms with Crippen LogP contribution in [0.15, 0.2) is 22.7 Å². The molecule has 1 saturated carbocycles. The summed E-state index contributed by atoms with van der Waals surface area (Å²) in [5, 5.41) is 0. The van der Waals surface area contributed by atoms with Gasteiger partial charge in [0.1, 0.15) is 4.99 Å². The average Bonchev–Trinajstić information content (AvgIpc) is 3.15. The minimum atomic E-state index is 0.428. The number of rotatable bonds is 6. The molecule has 0 heterocycles. The molecule has 3 nitrogen and oxygen atoms in total. The van der Waals surface area contributed by atoms with Gasteiger partial charge in [0, 0.05) is 29.7 Å². The van der Waals surface area contributed by atoms with Crippen molar-refractivity contribution in [2.24, 2.45) is 5.73 Å². The third-order valence-corrected chi connectivity index (χ3v) is 3.94. The molecule has 0 bridgehead atoms. The number of benzene rings is 1. The number of ether oxygens (including phenoxy) is 1. The Hall–Kier alpha value is -0.650. The van der Waals surface area contributed by atoms with E-state index in [2.05, 4.69) is 26.9 Å². The molecule has 1 aromatic carbocycles. The average molecular weight is 329 g/mol. The Morgan fingerprint density at radius 1 is 1.56 bits per heavy atom.